The van der Waals surface area contributed by atoms with Crippen LogP contribution < -0.4 is 4.90 Å². The SMILES string of the molecule is FC(F)(F)CCC1CCN(c2ccn3c(n2)nc2cc(I)ccc23)CC1. The van der Waals surface area contributed by atoms with Crippen molar-refractivity contribution in [1.82, 2.24) is 14.4 Å². The molecule has 3 heterocycles. The van der Waals surface area contributed by atoms with Gasteiger partial charge in [0.15, 0.2) is 0 Å². The van der Waals surface area contributed by atoms with Crippen LogP contribution in [0, 0.1) is 9.49 Å². The fourth-order valence-electron chi connectivity index (χ4n) is 3.56. The van der Waals surface area contributed by atoms with Crippen molar-refractivity contribution in [2.75, 3.05) is 18.0 Å². The molecule has 1 aromatic carbocycles. The topological polar surface area (TPSA) is 33.4 Å². The summed E-state index contributed by atoms with van der Waals surface area (Å²) in [4.78, 5) is 11.4. The predicted octanol–water partition coefficient (Wildman–Crippen LogP) is 5.05. The van der Waals surface area contributed by atoms with Gasteiger partial charge in [0.2, 0.25) is 5.78 Å². The highest BCUT2D eigenvalue weighted by Gasteiger charge is 2.29. The summed E-state index contributed by atoms with van der Waals surface area (Å²) in [6.45, 7) is 1.48. The maximum atomic E-state index is 12.4. The second-order valence-electron chi connectivity index (χ2n) is 6.78. The highest BCUT2D eigenvalue weighted by atomic mass is 127. The normalized spacial score (nSPS) is 16.7. The lowest BCUT2D eigenvalue weighted by Gasteiger charge is -2.32. The molecule has 0 saturated carbocycles. The molecule has 1 fully saturated rings. The molecule has 0 spiro atoms. The van der Waals surface area contributed by atoms with Gasteiger partial charge in [0, 0.05) is 29.3 Å². The summed E-state index contributed by atoms with van der Waals surface area (Å²) in [6, 6.07) is 8.06. The van der Waals surface area contributed by atoms with E-state index in [1.807, 2.05) is 34.9 Å². The van der Waals surface area contributed by atoms with E-state index < -0.39 is 12.6 Å². The third-order valence-corrected chi connectivity index (χ3v) is 5.67. The van der Waals surface area contributed by atoms with Crippen LogP contribution in [0.15, 0.2) is 30.5 Å². The molecule has 0 atom stereocenters. The van der Waals surface area contributed by atoms with Crippen LogP contribution in [0.4, 0.5) is 19.0 Å². The zero-order chi connectivity index (χ0) is 18.3. The zero-order valence-electron chi connectivity index (χ0n) is 14.0. The lowest BCUT2D eigenvalue weighted by atomic mass is 9.92. The number of hydrogen-bond acceptors (Lipinski definition) is 3. The number of imidazole rings is 1. The van der Waals surface area contributed by atoms with Crippen molar-refractivity contribution in [2.24, 2.45) is 5.92 Å². The second-order valence-corrected chi connectivity index (χ2v) is 8.03. The third-order valence-electron chi connectivity index (χ3n) is 4.99. The largest absolute Gasteiger partial charge is 0.389 e. The molecule has 0 unspecified atom stereocenters. The molecular formula is C18H18F3IN4. The Morgan fingerprint density at radius 2 is 1.88 bits per heavy atom. The number of fused-ring (bicyclic) bond motifs is 3. The van der Waals surface area contributed by atoms with E-state index in [1.165, 1.54) is 0 Å². The van der Waals surface area contributed by atoms with Crippen molar-refractivity contribution in [3.05, 3.63) is 34.0 Å². The highest BCUT2D eigenvalue weighted by Crippen LogP contribution is 2.30. The molecule has 26 heavy (non-hydrogen) atoms. The summed E-state index contributed by atoms with van der Waals surface area (Å²) >= 11 is 2.26. The summed E-state index contributed by atoms with van der Waals surface area (Å²) in [5, 5.41) is 0. The van der Waals surface area contributed by atoms with Gasteiger partial charge in [-0.25, -0.2) is 4.98 Å². The van der Waals surface area contributed by atoms with Crippen LogP contribution in [-0.4, -0.2) is 33.6 Å². The van der Waals surface area contributed by atoms with Gasteiger partial charge < -0.3 is 4.90 Å². The third kappa shape index (κ3) is 3.74. The van der Waals surface area contributed by atoms with Gasteiger partial charge in [0.1, 0.15) is 5.82 Å². The van der Waals surface area contributed by atoms with Crippen LogP contribution in [0.1, 0.15) is 25.7 Å². The first-order valence-corrected chi connectivity index (χ1v) is 9.73. The number of rotatable bonds is 3. The molecule has 0 aliphatic carbocycles. The maximum Gasteiger partial charge on any atom is 0.389 e. The van der Waals surface area contributed by atoms with Gasteiger partial charge in [-0.1, -0.05) is 0 Å². The predicted molar refractivity (Wildman–Crippen MR) is 103 cm³/mol. The molecule has 0 bridgehead atoms. The minimum Gasteiger partial charge on any atom is -0.356 e. The van der Waals surface area contributed by atoms with E-state index in [1.54, 1.807) is 0 Å². The first-order chi connectivity index (χ1) is 12.4. The zero-order valence-corrected chi connectivity index (χ0v) is 16.2. The fourth-order valence-corrected chi connectivity index (χ4v) is 4.04. The Balaban J connectivity index is 1.48. The molecule has 0 radical (unpaired) electrons. The average Bonchev–Trinajstić information content (AvgIpc) is 2.96. The number of aromatic nitrogens is 3. The Morgan fingerprint density at radius 1 is 1.12 bits per heavy atom. The number of benzene rings is 1. The van der Waals surface area contributed by atoms with Gasteiger partial charge in [-0.3, -0.25) is 4.40 Å². The first-order valence-electron chi connectivity index (χ1n) is 8.65. The van der Waals surface area contributed by atoms with Crippen molar-refractivity contribution in [2.45, 2.75) is 31.9 Å². The van der Waals surface area contributed by atoms with Crippen LogP contribution in [0.25, 0.3) is 16.8 Å². The molecule has 0 amide bonds. The molecule has 0 N–H and O–H groups in total. The quantitative estimate of drug-likeness (QED) is 0.499. The van der Waals surface area contributed by atoms with Crippen molar-refractivity contribution in [3.63, 3.8) is 0 Å². The van der Waals surface area contributed by atoms with E-state index in [0.29, 0.717) is 5.78 Å². The van der Waals surface area contributed by atoms with Gasteiger partial charge >= 0.3 is 6.18 Å². The van der Waals surface area contributed by atoms with E-state index in [4.69, 9.17) is 0 Å². The number of alkyl halides is 3. The van der Waals surface area contributed by atoms with Crippen LogP contribution in [0.3, 0.4) is 0 Å². The van der Waals surface area contributed by atoms with Crippen molar-refractivity contribution in [3.8, 4) is 0 Å². The summed E-state index contributed by atoms with van der Waals surface area (Å²) in [5.74, 6) is 1.64. The van der Waals surface area contributed by atoms with Gasteiger partial charge in [-0.15, -0.1) is 0 Å². The van der Waals surface area contributed by atoms with E-state index in [0.717, 1.165) is 46.4 Å². The van der Waals surface area contributed by atoms with Crippen molar-refractivity contribution >= 4 is 45.2 Å². The lowest BCUT2D eigenvalue weighted by Crippen LogP contribution is -2.34. The number of halogens is 4. The van der Waals surface area contributed by atoms with E-state index in [2.05, 4.69) is 37.5 Å². The van der Waals surface area contributed by atoms with E-state index in [-0.39, 0.29) is 12.3 Å². The maximum absolute atomic E-state index is 12.4. The number of anilines is 1. The molecule has 138 valence electrons. The van der Waals surface area contributed by atoms with Crippen LogP contribution in [0.5, 0.6) is 0 Å². The Labute approximate surface area is 162 Å². The van der Waals surface area contributed by atoms with Crippen LogP contribution in [0.2, 0.25) is 0 Å². The lowest BCUT2D eigenvalue weighted by molar-refractivity contribution is -0.137. The van der Waals surface area contributed by atoms with Crippen molar-refractivity contribution < 1.29 is 13.2 Å². The minimum absolute atomic E-state index is 0.146. The summed E-state index contributed by atoms with van der Waals surface area (Å²) in [6.07, 6.45) is -0.982. The average molecular weight is 474 g/mol. The fraction of sp³-hybridized carbons (Fsp3) is 0.444. The van der Waals surface area contributed by atoms with Gasteiger partial charge in [-0.05, 0) is 72.0 Å². The molecule has 2 aromatic heterocycles. The Kier molecular flexibility index (Phi) is 4.70. The molecule has 1 aliphatic heterocycles. The molecular weight excluding hydrogens is 456 g/mol. The molecule has 4 rings (SSSR count). The molecule has 4 nitrogen and oxygen atoms in total. The van der Waals surface area contributed by atoms with Crippen LogP contribution >= 0.6 is 22.6 Å². The summed E-state index contributed by atoms with van der Waals surface area (Å²) < 4.78 is 40.2. The Morgan fingerprint density at radius 3 is 2.62 bits per heavy atom. The van der Waals surface area contributed by atoms with Gasteiger partial charge in [-0.2, -0.15) is 18.2 Å². The molecule has 1 saturated heterocycles. The molecule has 3 aromatic rings. The highest BCUT2D eigenvalue weighted by molar-refractivity contribution is 14.1. The monoisotopic (exact) mass is 474 g/mol. The second kappa shape index (κ2) is 6.86. The minimum atomic E-state index is -4.05. The summed E-state index contributed by atoms with van der Waals surface area (Å²) in [5.41, 5.74) is 1.93. The van der Waals surface area contributed by atoms with E-state index >= 15 is 0 Å². The number of piperidine rings is 1. The van der Waals surface area contributed by atoms with Crippen molar-refractivity contribution in [1.29, 1.82) is 0 Å². The Hall–Kier alpha value is -1.58. The van der Waals surface area contributed by atoms with Crippen LogP contribution in [-0.2, 0) is 0 Å². The first kappa shape index (κ1) is 17.8. The van der Waals surface area contributed by atoms with Gasteiger partial charge in [0.05, 0.1) is 11.0 Å². The standard InChI is InChI=1S/C18H18F3IN4/c19-18(20,21)7-3-12-4-8-25(9-5-12)16-6-10-26-15-2-1-13(22)11-14(15)23-17(26)24-16/h1-2,6,10-12H,3-5,7-9H2. The Bertz CT molecular complexity index is 929. The van der Waals surface area contributed by atoms with Gasteiger partial charge in [0.25, 0.3) is 0 Å². The van der Waals surface area contributed by atoms with E-state index in [9.17, 15) is 13.2 Å². The smallest absolute Gasteiger partial charge is 0.356 e. The summed E-state index contributed by atoms with van der Waals surface area (Å²) in [7, 11) is 0. The number of nitrogens with zero attached hydrogens (tertiary/aromatic N) is 4. The molecule has 1 aliphatic rings. The number of hydrogen-bond donors (Lipinski definition) is 0. The molecule has 8 heteroatoms.